The van der Waals surface area contributed by atoms with E-state index in [1.807, 2.05) is 6.20 Å². The first-order valence-corrected chi connectivity index (χ1v) is 7.18. The van der Waals surface area contributed by atoms with Gasteiger partial charge in [-0.2, -0.15) is 0 Å². The molecule has 1 aromatic rings. The van der Waals surface area contributed by atoms with E-state index < -0.39 is 0 Å². The van der Waals surface area contributed by atoms with Gasteiger partial charge in [0, 0.05) is 17.6 Å². The van der Waals surface area contributed by atoms with Crippen molar-refractivity contribution in [3.05, 3.63) is 16.6 Å². The summed E-state index contributed by atoms with van der Waals surface area (Å²) in [5.41, 5.74) is 0.162. The second-order valence-corrected chi connectivity index (χ2v) is 6.30. The monoisotopic (exact) mass is 238 g/mol. The number of aromatic nitrogens is 1. The van der Waals surface area contributed by atoms with Crippen LogP contribution >= 0.6 is 11.3 Å². The van der Waals surface area contributed by atoms with Crippen LogP contribution in [-0.2, 0) is 5.54 Å². The topological polar surface area (TPSA) is 24.9 Å². The van der Waals surface area contributed by atoms with Gasteiger partial charge in [0.1, 0.15) is 5.01 Å². The minimum absolute atomic E-state index is 0.162. The van der Waals surface area contributed by atoms with Gasteiger partial charge < -0.3 is 5.32 Å². The van der Waals surface area contributed by atoms with E-state index in [4.69, 9.17) is 0 Å². The predicted molar refractivity (Wildman–Crippen MR) is 69.7 cm³/mol. The van der Waals surface area contributed by atoms with Crippen LogP contribution in [0, 0.1) is 5.92 Å². The van der Waals surface area contributed by atoms with Gasteiger partial charge in [-0.25, -0.2) is 4.98 Å². The second kappa shape index (κ2) is 4.84. The van der Waals surface area contributed by atoms with Crippen LogP contribution in [0.25, 0.3) is 0 Å². The average Bonchev–Trinajstić information content (AvgIpc) is 2.75. The maximum absolute atomic E-state index is 4.55. The van der Waals surface area contributed by atoms with Crippen molar-refractivity contribution in [3.8, 4) is 0 Å². The highest BCUT2D eigenvalue weighted by Gasteiger charge is 2.37. The number of hydrogen-bond donors (Lipinski definition) is 1. The largest absolute Gasteiger partial charge is 0.303 e. The molecular formula is C13H22N2S. The first kappa shape index (κ1) is 12.1. The lowest BCUT2D eigenvalue weighted by atomic mass is 9.77. The molecule has 0 aromatic carbocycles. The van der Waals surface area contributed by atoms with Crippen LogP contribution in [-0.4, -0.2) is 11.0 Å². The molecule has 0 amide bonds. The van der Waals surface area contributed by atoms with Gasteiger partial charge in [0.2, 0.25) is 0 Å². The Morgan fingerprint density at radius 1 is 1.44 bits per heavy atom. The minimum atomic E-state index is 0.162. The Hall–Kier alpha value is -0.410. The molecule has 1 aromatic heterocycles. The summed E-state index contributed by atoms with van der Waals surface area (Å²) in [4.78, 5) is 4.55. The summed E-state index contributed by atoms with van der Waals surface area (Å²) in [6.07, 6.45) is 7.04. The van der Waals surface area contributed by atoms with Crippen molar-refractivity contribution in [1.82, 2.24) is 10.3 Å². The van der Waals surface area contributed by atoms with E-state index in [1.54, 1.807) is 11.3 Å². The van der Waals surface area contributed by atoms with Gasteiger partial charge in [-0.15, -0.1) is 11.3 Å². The molecule has 0 radical (unpaired) electrons. The van der Waals surface area contributed by atoms with E-state index in [-0.39, 0.29) is 5.54 Å². The predicted octanol–water partition coefficient (Wildman–Crippen LogP) is 3.55. The minimum Gasteiger partial charge on any atom is -0.303 e. The van der Waals surface area contributed by atoms with E-state index in [2.05, 4.69) is 36.5 Å². The number of nitrogens with one attached hydrogen (secondary N) is 1. The molecule has 1 fully saturated rings. The molecule has 1 aliphatic carbocycles. The Bertz CT molecular complexity index is 311. The normalized spacial score (nSPS) is 30.9. The molecule has 1 heterocycles. The van der Waals surface area contributed by atoms with Gasteiger partial charge in [-0.1, -0.05) is 6.92 Å². The standard InChI is InChI=1S/C13H22N2S/c1-10(2)15-13(12-14-8-9-16-12)6-4-11(3)5-7-13/h8-11,15H,4-7H2,1-3H3. The van der Waals surface area contributed by atoms with Crippen molar-refractivity contribution in [1.29, 1.82) is 0 Å². The van der Waals surface area contributed by atoms with Crippen molar-refractivity contribution in [2.24, 2.45) is 5.92 Å². The molecular weight excluding hydrogens is 216 g/mol. The number of nitrogens with zero attached hydrogens (tertiary/aromatic N) is 1. The van der Waals surface area contributed by atoms with Crippen molar-refractivity contribution in [2.45, 2.75) is 58.0 Å². The van der Waals surface area contributed by atoms with Crippen LogP contribution in [0.1, 0.15) is 51.5 Å². The maximum atomic E-state index is 4.55. The Labute approximate surface area is 102 Å². The van der Waals surface area contributed by atoms with Gasteiger partial charge in [-0.3, -0.25) is 0 Å². The third kappa shape index (κ3) is 2.46. The third-order valence-electron chi connectivity index (χ3n) is 3.53. The van der Waals surface area contributed by atoms with Crippen molar-refractivity contribution in [3.63, 3.8) is 0 Å². The zero-order valence-corrected chi connectivity index (χ0v) is 11.3. The molecule has 3 heteroatoms. The van der Waals surface area contributed by atoms with E-state index in [0.29, 0.717) is 6.04 Å². The lowest BCUT2D eigenvalue weighted by Crippen LogP contribution is -2.48. The highest BCUT2D eigenvalue weighted by Crippen LogP contribution is 2.40. The van der Waals surface area contributed by atoms with Crippen LogP contribution in [0.3, 0.4) is 0 Å². The number of thiazole rings is 1. The molecule has 0 unspecified atom stereocenters. The molecule has 90 valence electrons. The number of hydrogen-bond acceptors (Lipinski definition) is 3. The molecule has 2 rings (SSSR count). The Morgan fingerprint density at radius 3 is 2.62 bits per heavy atom. The van der Waals surface area contributed by atoms with E-state index >= 15 is 0 Å². The van der Waals surface area contributed by atoms with Crippen molar-refractivity contribution >= 4 is 11.3 Å². The summed E-state index contributed by atoms with van der Waals surface area (Å²) in [6, 6.07) is 0.525. The van der Waals surface area contributed by atoms with E-state index in [1.165, 1.54) is 30.7 Å². The lowest BCUT2D eigenvalue weighted by molar-refractivity contribution is 0.183. The molecule has 0 aliphatic heterocycles. The van der Waals surface area contributed by atoms with Crippen LogP contribution in [0.2, 0.25) is 0 Å². The highest BCUT2D eigenvalue weighted by atomic mass is 32.1. The van der Waals surface area contributed by atoms with E-state index in [9.17, 15) is 0 Å². The molecule has 1 N–H and O–H groups in total. The molecule has 0 spiro atoms. The Balaban J connectivity index is 2.20. The van der Waals surface area contributed by atoms with Gasteiger partial charge in [0.25, 0.3) is 0 Å². The fourth-order valence-electron chi connectivity index (χ4n) is 2.69. The summed E-state index contributed by atoms with van der Waals surface area (Å²) < 4.78 is 0. The van der Waals surface area contributed by atoms with Crippen LogP contribution in [0.15, 0.2) is 11.6 Å². The highest BCUT2D eigenvalue weighted by molar-refractivity contribution is 7.09. The maximum Gasteiger partial charge on any atom is 0.113 e. The molecule has 1 aliphatic rings. The third-order valence-corrected chi connectivity index (χ3v) is 4.51. The van der Waals surface area contributed by atoms with Crippen LogP contribution in [0.4, 0.5) is 0 Å². The van der Waals surface area contributed by atoms with Gasteiger partial charge in [0.15, 0.2) is 0 Å². The quantitative estimate of drug-likeness (QED) is 0.871. The molecule has 0 bridgehead atoms. The fourth-order valence-corrected chi connectivity index (χ4v) is 3.55. The lowest BCUT2D eigenvalue weighted by Gasteiger charge is -2.40. The summed E-state index contributed by atoms with van der Waals surface area (Å²) in [5.74, 6) is 0.877. The smallest absolute Gasteiger partial charge is 0.113 e. The van der Waals surface area contributed by atoms with Crippen LogP contribution < -0.4 is 5.32 Å². The second-order valence-electron chi connectivity index (χ2n) is 5.40. The molecule has 1 saturated carbocycles. The fraction of sp³-hybridized carbons (Fsp3) is 0.769. The zero-order valence-electron chi connectivity index (χ0n) is 10.5. The Morgan fingerprint density at radius 2 is 2.12 bits per heavy atom. The molecule has 0 atom stereocenters. The van der Waals surface area contributed by atoms with Gasteiger partial charge >= 0.3 is 0 Å². The summed E-state index contributed by atoms with van der Waals surface area (Å²) >= 11 is 1.80. The average molecular weight is 238 g/mol. The zero-order chi connectivity index (χ0) is 11.6. The number of rotatable bonds is 3. The summed E-state index contributed by atoms with van der Waals surface area (Å²) in [5, 5.41) is 7.15. The Kier molecular flexibility index (Phi) is 3.65. The van der Waals surface area contributed by atoms with Crippen molar-refractivity contribution < 1.29 is 0 Å². The molecule has 0 saturated heterocycles. The van der Waals surface area contributed by atoms with Gasteiger partial charge in [-0.05, 0) is 45.4 Å². The molecule has 2 nitrogen and oxygen atoms in total. The van der Waals surface area contributed by atoms with E-state index in [0.717, 1.165) is 5.92 Å². The van der Waals surface area contributed by atoms with Crippen molar-refractivity contribution in [2.75, 3.05) is 0 Å². The summed E-state index contributed by atoms with van der Waals surface area (Å²) in [6.45, 7) is 6.82. The first-order chi connectivity index (χ1) is 7.62. The SMILES string of the molecule is CC1CCC(NC(C)C)(c2nccs2)CC1. The summed E-state index contributed by atoms with van der Waals surface area (Å²) in [7, 11) is 0. The van der Waals surface area contributed by atoms with Crippen LogP contribution in [0.5, 0.6) is 0 Å². The van der Waals surface area contributed by atoms with Gasteiger partial charge in [0.05, 0.1) is 5.54 Å². The first-order valence-electron chi connectivity index (χ1n) is 6.30. The molecule has 16 heavy (non-hydrogen) atoms.